The van der Waals surface area contributed by atoms with Crippen LogP contribution in [0, 0.1) is 0 Å². The molecule has 1 aromatic heterocycles. The maximum absolute atomic E-state index is 4.77. The van der Waals surface area contributed by atoms with Gasteiger partial charge in [0.25, 0.3) is 0 Å². The molecule has 4 rings (SSSR count). The monoisotopic (exact) mass is 355 g/mol. The molecule has 138 valence electrons. The lowest BCUT2D eigenvalue weighted by molar-refractivity contribution is 0.300. The molecule has 0 amide bonds. The van der Waals surface area contributed by atoms with Gasteiger partial charge in [-0.25, -0.2) is 0 Å². The van der Waals surface area contributed by atoms with Crippen LogP contribution in [0.2, 0.25) is 0 Å². The highest BCUT2D eigenvalue weighted by molar-refractivity contribution is 5.84. The summed E-state index contributed by atoms with van der Waals surface area (Å²) in [6.07, 6.45) is 1.96. The van der Waals surface area contributed by atoms with Crippen LogP contribution < -0.4 is 0 Å². The first kappa shape index (κ1) is 18.0. The molecule has 0 spiro atoms. The van der Waals surface area contributed by atoms with Gasteiger partial charge in [-0.1, -0.05) is 84.0 Å². The Balaban J connectivity index is 2.05. The van der Waals surface area contributed by atoms with Crippen LogP contribution in [0.5, 0.6) is 0 Å². The van der Waals surface area contributed by atoms with Crippen molar-refractivity contribution in [2.75, 3.05) is 0 Å². The molecule has 0 bridgehead atoms. The number of aromatic nitrogens is 1. The van der Waals surface area contributed by atoms with E-state index in [-0.39, 0.29) is 10.8 Å². The van der Waals surface area contributed by atoms with E-state index in [9.17, 15) is 0 Å². The summed E-state index contributed by atoms with van der Waals surface area (Å²) in [4.78, 5) is 4.77. The Hall–Kier alpha value is -2.41. The molecule has 1 aliphatic carbocycles. The first-order valence-electron chi connectivity index (χ1n) is 9.95. The maximum Gasteiger partial charge on any atom is 0.0707 e. The van der Waals surface area contributed by atoms with Gasteiger partial charge >= 0.3 is 0 Å². The molecule has 0 saturated carbocycles. The van der Waals surface area contributed by atoms with Crippen molar-refractivity contribution in [1.82, 2.24) is 4.98 Å². The highest BCUT2D eigenvalue weighted by Gasteiger charge is 2.46. The summed E-state index contributed by atoms with van der Waals surface area (Å²) in [7, 11) is 0. The van der Waals surface area contributed by atoms with Gasteiger partial charge in [0.1, 0.15) is 0 Å². The van der Waals surface area contributed by atoms with Crippen molar-refractivity contribution in [3.8, 4) is 22.4 Å². The molecule has 0 radical (unpaired) electrons. The number of hydrogen-bond acceptors (Lipinski definition) is 1. The van der Waals surface area contributed by atoms with Crippen molar-refractivity contribution < 1.29 is 0 Å². The molecule has 0 aliphatic heterocycles. The molecular weight excluding hydrogens is 326 g/mol. The van der Waals surface area contributed by atoms with E-state index in [0.29, 0.717) is 5.92 Å². The Labute approximate surface area is 163 Å². The molecule has 0 N–H and O–H groups in total. The number of pyridine rings is 1. The third-order valence-corrected chi connectivity index (χ3v) is 6.87. The van der Waals surface area contributed by atoms with E-state index in [2.05, 4.69) is 96.1 Å². The Morgan fingerprint density at radius 3 is 2.15 bits per heavy atom. The first-order chi connectivity index (χ1) is 12.7. The van der Waals surface area contributed by atoms with Gasteiger partial charge in [-0.05, 0) is 51.3 Å². The van der Waals surface area contributed by atoms with Crippen molar-refractivity contribution >= 4 is 0 Å². The highest BCUT2D eigenvalue weighted by Crippen LogP contribution is 2.55. The van der Waals surface area contributed by atoms with Crippen LogP contribution in [0.4, 0.5) is 0 Å². The van der Waals surface area contributed by atoms with Crippen molar-refractivity contribution in [3.05, 3.63) is 77.5 Å². The van der Waals surface area contributed by atoms with Crippen LogP contribution in [0.1, 0.15) is 64.2 Å². The molecule has 1 aliphatic rings. The second-order valence-electron chi connectivity index (χ2n) is 9.15. The van der Waals surface area contributed by atoms with Crippen molar-refractivity contribution in [3.63, 3.8) is 0 Å². The zero-order valence-electron chi connectivity index (χ0n) is 17.3. The molecular formula is C26H29N. The van der Waals surface area contributed by atoms with Gasteiger partial charge < -0.3 is 0 Å². The third-order valence-electron chi connectivity index (χ3n) is 6.87. The lowest BCUT2D eigenvalue weighted by Crippen LogP contribution is -2.44. The van der Waals surface area contributed by atoms with Crippen molar-refractivity contribution in [2.24, 2.45) is 0 Å². The van der Waals surface area contributed by atoms with Gasteiger partial charge in [0, 0.05) is 17.2 Å². The van der Waals surface area contributed by atoms with Crippen molar-refractivity contribution in [2.45, 2.75) is 58.3 Å². The van der Waals surface area contributed by atoms with Gasteiger partial charge in [0.2, 0.25) is 0 Å². The lowest BCUT2D eigenvalue weighted by Gasteiger charge is -2.49. The maximum atomic E-state index is 4.77. The normalized spacial score (nSPS) is 16.7. The topological polar surface area (TPSA) is 12.9 Å². The number of nitrogens with zero attached hydrogens (tertiary/aromatic N) is 1. The molecule has 1 nitrogen and oxygen atoms in total. The van der Waals surface area contributed by atoms with Crippen LogP contribution >= 0.6 is 0 Å². The Bertz CT molecular complexity index is 1010. The third kappa shape index (κ3) is 2.56. The average molecular weight is 356 g/mol. The minimum atomic E-state index is -0.0111. The van der Waals surface area contributed by atoms with E-state index in [1.165, 1.54) is 33.4 Å². The second-order valence-corrected chi connectivity index (χ2v) is 9.15. The smallest absolute Gasteiger partial charge is 0.0707 e. The molecule has 27 heavy (non-hydrogen) atoms. The lowest BCUT2D eigenvalue weighted by atomic mass is 9.54. The van der Waals surface area contributed by atoms with Crippen LogP contribution in [-0.4, -0.2) is 4.98 Å². The van der Waals surface area contributed by atoms with Gasteiger partial charge in [0.15, 0.2) is 0 Å². The number of benzene rings is 2. The van der Waals surface area contributed by atoms with Crippen LogP contribution in [-0.2, 0) is 10.8 Å². The second kappa shape index (κ2) is 6.05. The minimum absolute atomic E-state index is 0.0111. The van der Waals surface area contributed by atoms with E-state index in [0.717, 1.165) is 5.69 Å². The predicted octanol–water partition coefficient (Wildman–Crippen LogP) is 7.11. The highest BCUT2D eigenvalue weighted by atomic mass is 14.7. The molecule has 1 heteroatoms. The predicted molar refractivity (Wildman–Crippen MR) is 115 cm³/mol. The van der Waals surface area contributed by atoms with Gasteiger partial charge in [-0.2, -0.15) is 0 Å². The largest absolute Gasteiger partial charge is 0.256 e. The first-order valence-corrected chi connectivity index (χ1v) is 9.95. The summed E-state index contributed by atoms with van der Waals surface area (Å²) in [5.41, 5.74) is 9.27. The number of fused-ring (bicyclic) bond motifs is 3. The Morgan fingerprint density at radius 1 is 0.741 bits per heavy atom. The number of rotatable bonds is 2. The van der Waals surface area contributed by atoms with Gasteiger partial charge in [0.05, 0.1) is 5.69 Å². The van der Waals surface area contributed by atoms with E-state index in [1.54, 1.807) is 0 Å². The van der Waals surface area contributed by atoms with Crippen LogP contribution in [0.15, 0.2) is 60.8 Å². The molecule has 2 aromatic carbocycles. The zero-order valence-corrected chi connectivity index (χ0v) is 17.3. The standard InChI is InChI=1S/C26H29N/c1-17(2)18-14-15-27-23(16-18)21-12-9-11-20-19-10-7-8-13-22(19)25(3,4)26(5,6)24(20)21/h7-17H,1-6H3. The van der Waals surface area contributed by atoms with Gasteiger partial charge in [-0.15, -0.1) is 0 Å². The fraction of sp³-hybridized carbons (Fsp3) is 0.346. The van der Waals surface area contributed by atoms with E-state index in [4.69, 9.17) is 4.98 Å². The summed E-state index contributed by atoms with van der Waals surface area (Å²) >= 11 is 0. The fourth-order valence-electron chi connectivity index (χ4n) is 4.53. The Morgan fingerprint density at radius 2 is 1.41 bits per heavy atom. The summed E-state index contributed by atoms with van der Waals surface area (Å²) in [6.45, 7) is 14.0. The molecule has 0 saturated heterocycles. The number of hydrogen-bond donors (Lipinski definition) is 0. The molecule has 0 unspecified atom stereocenters. The average Bonchev–Trinajstić information content (AvgIpc) is 2.66. The van der Waals surface area contributed by atoms with Crippen LogP contribution in [0.3, 0.4) is 0 Å². The molecule has 3 aromatic rings. The Kier molecular flexibility index (Phi) is 4.03. The van der Waals surface area contributed by atoms with Crippen LogP contribution in [0.25, 0.3) is 22.4 Å². The fourth-order valence-corrected chi connectivity index (χ4v) is 4.53. The summed E-state index contributed by atoms with van der Waals surface area (Å²) in [5, 5.41) is 0. The molecule has 0 fully saturated rings. The van der Waals surface area contributed by atoms with Crippen molar-refractivity contribution in [1.29, 1.82) is 0 Å². The van der Waals surface area contributed by atoms with E-state index in [1.807, 2.05) is 6.20 Å². The summed E-state index contributed by atoms with van der Waals surface area (Å²) < 4.78 is 0. The molecule has 1 heterocycles. The summed E-state index contributed by atoms with van der Waals surface area (Å²) in [6, 6.07) is 20.0. The van der Waals surface area contributed by atoms with Gasteiger partial charge in [-0.3, -0.25) is 4.98 Å². The minimum Gasteiger partial charge on any atom is -0.256 e. The molecule has 0 atom stereocenters. The zero-order chi connectivity index (χ0) is 19.4. The quantitative estimate of drug-likeness (QED) is 0.477. The van der Waals surface area contributed by atoms with E-state index >= 15 is 0 Å². The SMILES string of the molecule is CC(C)c1ccnc(-c2cccc3c2C(C)(C)C(C)(C)c2ccccc2-3)c1. The summed E-state index contributed by atoms with van der Waals surface area (Å²) in [5.74, 6) is 0.497. The van der Waals surface area contributed by atoms with E-state index < -0.39 is 0 Å².